The molecule has 4 rings (SSSR count). The van der Waals surface area contributed by atoms with Gasteiger partial charge in [-0.3, -0.25) is 19.5 Å². The number of hydrogen-bond acceptors (Lipinski definition) is 3. The smallest absolute Gasteiger partial charge is 0.277 e. The van der Waals surface area contributed by atoms with Gasteiger partial charge in [-0.1, -0.05) is 61.2 Å². The van der Waals surface area contributed by atoms with Crippen LogP contribution in [0.3, 0.4) is 0 Å². The molecule has 0 saturated heterocycles. The Hall–Kier alpha value is -3.54. The van der Waals surface area contributed by atoms with Crippen molar-refractivity contribution in [3.8, 4) is 0 Å². The Bertz CT molecular complexity index is 1100. The lowest BCUT2D eigenvalue weighted by molar-refractivity contribution is -0.123. The van der Waals surface area contributed by atoms with Gasteiger partial charge in [0.15, 0.2) is 0 Å². The van der Waals surface area contributed by atoms with Crippen LogP contribution >= 0.6 is 0 Å². The first-order valence-corrected chi connectivity index (χ1v) is 11.4. The molecule has 1 aliphatic carbocycles. The Morgan fingerprint density at radius 2 is 1.76 bits per heavy atom. The van der Waals surface area contributed by atoms with Crippen molar-refractivity contribution in [2.75, 3.05) is 4.90 Å². The van der Waals surface area contributed by atoms with Crippen LogP contribution in [0.1, 0.15) is 59.8 Å². The van der Waals surface area contributed by atoms with E-state index in [1.54, 1.807) is 24.3 Å². The summed E-state index contributed by atoms with van der Waals surface area (Å²) in [5.41, 5.74) is 2.18. The molecule has 170 valence electrons. The lowest BCUT2D eigenvalue weighted by Crippen LogP contribution is -2.47. The molecular formula is C27H28FN3O2. The maximum atomic E-state index is 14.2. The highest BCUT2D eigenvalue weighted by Crippen LogP contribution is 2.31. The summed E-state index contributed by atoms with van der Waals surface area (Å²) >= 11 is 0. The number of nitrogens with one attached hydrogen (secondary N) is 1. The van der Waals surface area contributed by atoms with Gasteiger partial charge in [0.05, 0.1) is 0 Å². The van der Waals surface area contributed by atoms with E-state index in [4.69, 9.17) is 0 Å². The highest BCUT2D eigenvalue weighted by Gasteiger charge is 2.35. The fourth-order valence-corrected chi connectivity index (χ4v) is 4.32. The van der Waals surface area contributed by atoms with Crippen molar-refractivity contribution in [1.82, 2.24) is 10.3 Å². The van der Waals surface area contributed by atoms with Crippen LogP contribution in [0.5, 0.6) is 0 Å². The van der Waals surface area contributed by atoms with Crippen molar-refractivity contribution >= 4 is 17.5 Å². The number of hydrogen-bond donors (Lipinski definition) is 1. The van der Waals surface area contributed by atoms with Crippen LogP contribution in [0.15, 0.2) is 72.9 Å². The quantitative estimate of drug-likeness (QED) is 0.555. The Morgan fingerprint density at radius 1 is 1.00 bits per heavy atom. The van der Waals surface area contributed by atoms with E-state index in [9.17, 15) is 14.0 Å². The summed E-state index contributed by atoms with van der Waals surface area (Å²) in [5, 5.41) is 3.16. The second kappa shape index (κ2) is 10.4. The highest BCUT2D eigenvalue weighted by molar-refractivity contribution is 6.09. The fraction of sp³-hybridized carbons (Fsp3) is 0.296. The number of amides is 2. The molecule has 1 N–H and O–H groups in total. The number of rotatable bonds is 6. The van der Waals surface area contributed by atoms with Gasteiger partial charge in [0.25, 0.3) is 5.91 Å². The molecule has 2 amide bonds. The minimum absolute atomic E-state index is 0.0681. The third-order valence-corrected chi connectivity index (χ3v) is 6.04. The number of anilines is 1. The van der Waals surface area contributed by atoms with Crippen LogP contribution in [0, 0.1) is 12.7 Å². The van der Waals surface area contributed by atoms with Gasteiger partial charge in [0, 0.05) is 17.9 Å². The minimum atomic E-state index is -0.969. The van der Waals surface area contributed by atoms with Gasteiger partial charge in [-0.2, -0.15) is 0 Å². The van der Waals surface area contributed by atoms with E-state index in [0.717, 1.165) is 31.2 Å². The normalized spacial score (nSPS) is 15.0. The molecule has 0 spiro atoms. The van der Waals surface area contributed by atoms with Crippen LogP contribution in [0.25, 0.3) is 0 Å². The first-order chi connectivity index (χ1) is 16.0. The summed E-state index contributed by atoms with van der Waals surface area (Å²) in [7, 11) is 0. The zero-order valence-corrected chi connectivity index (χ0v) is 18.7. The van der Waals surface area contributed by atoms with Crippen LogP contribution in [0.4, 0.5) is 10.1 Å². The van der Waals surface area contributed by atoms with Crippen molar-refractivity contribution in [3.05, 3.63) is 95.6 Å². The van der Waals surface area contributed by atoms with Gasteiger partial charge in [-0.05, 0) is 55.7 Å². The Morgan fingerprint density at radius 3 is 2.42 bits per heavy atom. The molecule has 0 radical (unpaired) electrons. The number of carbonyl (C=O) groups is 2. The topological polar surface area (TPSA) is 62.3 Å². The molecule has 0 aliphatic heterocycles. The number of aromatic nitrogens is 1. The third kappa shape index (κ3) is 5.45. The van der Waals surface area contributed by atoms with E-state index in [1.165, 1.54) is 35.7 Å². The highest BCUT2D eigenvalue weighted by atomic mass is 19.1. The number of nitrogens with zero attached hydrogens (tertiary/aromatic N) is 2. The monoisotopic (exact) mass is 445 g/mol. The van der Waals surface area contributed by atoms with Crippen LogP contribution in [-0.2, 0) is 4.79 Å². The summed E-state index contributed by atoms with van der Waals surface area (Å²) in [5.74, 6) is -1.23. The zero-order chi connectivity index (χ0) is 23.2. The Kier molecular flexibility index (Phi) is 7.13. The molecule has 1 saturated carbocycles. The molecular weight excluding hydrogens is 417 g/mol. The van der Waals surface area contributed by atoms with Gasteiger partial charge >= 0.3 is 0 Å². The van der Waals surface area contributed by atoms with Crippen LogP contribution in [0.2, 0.25) is 0 Å². The largest absolute Gasteiger partial charge is 0.351 e. The molecule has 33 heavy (non-hydrogen) atoms. The summed E-state index contributed by atoms with van der Waals surface area (Å²) < 4.78 is 14.2. The fourth-order valence-electron chi connectivity index (χ4n) is 4.32. The van der Waals surface area contributed by atoms with E-state index in [0.29, 0.717) is 11.3 Å². The predicted molar refractivity (Wildman–Crippen MR) is 126 cm³/mol. The van der Waals surface area contributed by atoms with Crippen LogP contribution in [-0.4, -0.2) is 22.8 Å². The van der Waals surface area contributed by atoms with E-state index in [-0.39, 0.29) is 17.6 Å². The van der Waals surface area contributed by atoms with Crippen molar-refractivity contribution in [2.24, 2.45) is 0 Å². The van der Waals surface area contributed by atoms with E-state index in [1.807, 2.05) is 31.2 Å². The second-order valence-electron chi connectivity index (χ2n) is 8.53. The Balaban J connectivity index is 1.80. The Labute approximate surface area is 193 Å². The molecule has 2 aromatic carbocycles. The first kappa shape index (κ1) is 22.6. The average molecular weight is 446 g/mol. The molecule has 1 aliphatic rings. The van der Waals surface area contributed by atoms with Gasteiger partial charge < -0.3 is 5.32 Å². The summed E-state index contributed by atoms with van der Waals surface area (Å²) in [6, 6.07) is 17.4. The summed E-state index contributed by atoms with van der Waals surface area (Å²) in [6.45, 7) is 1.96. The SMILES string of the molecule is Cc1ccc(C(C(=O)NC2CCCCC2)N(C(=O)c2ccccn2)c2cccc(F)c2)cc1. The van der Waals surface area contributed by atoms with E-state index >= 15 is 0 Å². The van der Waals surface area contributed by atoms with Crippen molar-refractivity contribution in [1.29, 1.82) is 0 Å². The summed E-state index contributed by atoms with van der Waals surface area (Å²) in [4.78, 5) is 33.0. The molecule has 1 heterocycles. The lowest BCUT2D eigenvalue weighted by atomic mass is 9.94. The molecule has 3 aromatic rings. The standard InChI is InChI=1S/C27H28FN3O2/c1-19-13-15-20(16-14-19)25(26(32)30-22-9-3-2-4-10-22)31(23-11-7-8-21(28)18-23)27(33)24-12-5-6-17-29-24/h5-8,11-18,22,25H,2-4,9-10H2,1H3,(H,30,32). The number of halogens is 1. The molecule has 1 unspecified atom stereocenters. The molecule has 1 fully saturated rings. The predicted octanol–water partition coefficient (Wildman–Crippen LogP) is 5.37. The van der Waals surface area contributed by atoms with Crippen molar-refractivity contribution in [3.63, 3.8) is 0 Å². The molecule has 1 aromatic heterocycles. The van der Waals surface area contributed by atoms with Gasteiger partial charge in [-0.15, -0.1) is 0 Å². The molecule has 1 atom stereocenters. The molecule has 6 heteroatoms. The van der Waals surface area contributed by atoms with E-state index in [2.05, 4.69) is 10.3 Å². The zero-order valence-electron chi connectivity index (χ0n) is 18.7. The third-order valence-electron chi connectivity index (χ3n) is 6.04. The lowest BCUT2D eigenvalue weighted by Gasteiger charge is -2.33. The number of benzene rings is 2. The number of pyridine rings is 1. The van der Waals surface area contributed by atoms with Crippen LogP contribution < -0.4 is 10.2 Å². The number of carbonyl (C=O) groups excluding carboxylic acids is 2. The summed E-state index contributed by atoms with van der Waals surface area (Å²) in [6.07, 6.45) is 6.67. The minimum Gasteiger partial charge on any atom is -0.351 e. The van der Waals surface area contributed by atoms with Gasteiger partial charge in [0.2, 0.25) is 5.91 Å². The van der Waals surface area contributed by atoms with Gasteiger partial charge in [-0.25, -0.2) is 4.39 Å². The van der Waals surface area contributed by atoms with Crippen molar-refractivity contribution < 1.29 is 14.0 Å². The maximum absolute atomic E-state index is 14.2. The molecule has 0 bridgehead atoms. The average Bonchev–Trinajstić information content (AvgIpc) is 2.84. The van der Waals surface area contributed by atoms with Crippen molar-refractivity contribution in [2.45, 2.75) is 51.1 Å². The number of aryl methyl sites for hydroxylation is 1. The van der Waals surface area contributed by atoms with E-state index < -0.39 is 17.8 Å². The first-order valence-electron chi connectivity index (χ1n) is 11.4. The molecule has 5 nitrogen and oxygen atoms in total. The second-order valence-corrected chi connectivity index (χ2v) is 8.53. The maximum Gasteiger partial charge on any atom is 0.277 e. The van der Waals surface area contributed by atoms with Gasteiger partial charge in [0.1, 0.15) is 17.6 Å².